The van der Waals surface area contributed by atoms with Crippen molar-refractivity contribution in [2.75, 3.05) is 0 Å². The van der Waals surface area contributed by atoms with Gasteiger partial charge in [-0.1, -0.05) is 24.3 Å². The molecule has 0 bridgehead atoms. The van der Waals surface area contributed by atoms with E-state index in [0.29, 0.717) is 0 Å². The molecule has 1 atom stereocenters. The van der Waals surface area contributed by atoms with Gasteiger partial charge in [-0.15, -0.1) is 0 Å². The first-order chi connectivity index (χ1) is 5.72. The quantitative estimate of drug-likeness (QED) is 0.722. The zero-order valence-corrected chi connectivity index (χ0v) is 7.59. The predicted octanol–water partition coefficient (Wildman–Crippen LogP) is 1.95. The highest BCUT2D eigenvalue weighted by molar-refractivity contribution is 5.24. The SMILES string of the molecule is [CH2]Cc1cccc(C[C@@H](C)N)c1. The van der Waals surface area contributed by atoms with Crippen molar-refractivity contribution in [1.82, 2.24) is 0 Å². The van der Waals surface area contributed by atoms with Crippen LogP contribution in [0, 0.1) is 6.92 Å². The lowest BCUT2D eigenvalue weighted by molar-refractivity contribution is 0.737. The van der Waals surface area contributed by atoms with E-state index in [1.54, 1.807) is 0 Å². The van der Waals surface area contributed by atoms with Crippen molar-refractivity contribution in [2.45, 2.75) is 25.8 Å². The van der Waals surface area contributed by atoms with Crippen molar-refractivity contribution in [3.63, 3.8) is 0 Å². The average molecular weight is 162 g/mol. The second-order valence-electron chi connectivity index (χ2n) is 3.25. The van der Waals surface area contributed by atoms with Crippen LogP contribution >= 0.6 is 0 Å². The summed E-state index contributed by atoms with van der Waals surface area (Å²) < 4.78 is 0. The van der Waals surface area contributed by atoms with E-state index in [4.69, 9.17) is 5.73 Å². The van der Waals surface area contributed by atoms with Crippen LogP contribution in [0.4, 0.5) is 0 Å². The normalized spacial score (nSPS) is 12.9. The van der Waals surface area contributed by atoms with Crippen molar-refractivity contribution in [3.05, 3.63) is 42.3 Å². The number of nitrogens with two attached hydrogens (primary N) is 1. The molecule has 2 N–H and O–H groups in total. The Bertz CT molecular complexity index is 241. The summed E-state index contributed by atoms with van der Waals surface area (Å²) in [7, 11) is 0. The molecule has 0 spiro atoms. The highest BCUT2D eigenvalue weighted by Gasteiger charge is 1.97. The van der Waals surface area contributed by atoms with Gasteiger partial charge in [0.25, 0.3) is 0 Å². The average Bonchev–Trinajstić information content (AvgIpc) is 2.03. The number of rotatable bonds is 3. The molecule has 0 aliphatic rings. The molecule has 0 heterocycles. The van der Waals surface area contributed by atoms with Crippen LogP contribution in [-0.2, 0) is 12.8 Å². The molecule has 0 aromatic heterocycles. The fraction of sp³-hybridized carbons (Fsp3) is 0.364. The fourth-order valence-electron chi connectivity index (χ4n) is 1.28. The van der Waals surface area contributed by atoms with E-state index in [1.807, 2.05) is 6.92 Å². The molecular formula is C11H16N. The lowest BCUT2D eigenvalue weighted by atomic mass is 10.0. The minimum absolute atomic E-state index is 0.241. The summed E-state index contributed by atoms with van der Waals surface area (Å²) >= 11 is 0. The molecule has 1 aromatic rings. The Kier molecular flexibility index (Phi) is 3.30. The number of hydrogen-bond donors (Lipinski definition) is 1. The van der Waals surface area contributed by atoms with Gasteiger partial charge in [0.15, 0.2) is 0 Å². The minimum Gasteiger partial charge on any atom is -0.328 e. The van der Waals surface area contributed by atoms with Gasteiger partial charge in [-0.2, -0.15) is 0 Å². The Hall–Kier alpha value is -0.820. The molecule has 12 heavy (non-hydrogen) atoms. The third-order valence-electron chi connectivity index (χ3n) is 1.84. The molecule has 0 saturated heterocycles. The second kappa shape index (κ2) is 4.27. The molecular weight excluding hydrogens is 146 g/mol. The van der Waals surface area contributed by atoms with Gasteiger partial charge in [-0.05, 0) is 37.8 Å². The van der Waals surface area contributed by atoms with Gasteiger partial charge in [-0.3, -0.25) is 0 Å². The Morgan fingerprint density at radius 3 is 2.67 bits per heavy atom. The van der Waals surface area contributed by atoms with Gasteiger partial charge in [0.1, 0.15) is 0 Å². The van der Waals surface area contributed by atoms with Crippen LogP contribution in [0.25, 0.3) is 0 Å². The van der Waals surface area contributed by atoms with Gasteiger partial charge in [0, 0.05) is 6.04 Å². The fourth-order valence-corrected chi connectivity index (χ4v) is 1.28. The lowest BCUT2D eigenvalue weighted by Crippen LogP contribution is -2.17. The molecule has 1 rings (SSSR count). The van der Waals surface area contributed by atoms with E-state index < -0.39 is 0 Å². The van der Waals surface area contributed by atoms with E-state index in [2.05, 4.69) is 31.2 Å². The molecule has 0 aliphatic heterocycles. The molecule has 0 unspecified atom stereocenters. The van der Waals surface area contributed by atoms with E-state index >= 15 is 0 Å². The third kappa shape index (κ3) is 2.67. The van der Waals surface area contributed by atoms with Gasteiger partial charge in [0.2, 0.25) is 0 Å². The van der Waals surface area contributed by atoms with Crippen LogP contribution in [0.5, 0.6) is 0 Å². The van der Waals surface area contributed by atoms with Crippen LogP contribution < -0.4 is 5.73 Å². The lowest BCUT2D eigenvalue weighted by Gasteiger charge is -2.06. The van der Waals surface area contributed by atoms with Crippen molar-refractivity contribution in [1.29, 1.82) is 0 Å². The maximum atomic E-state index is 5.70. The summed E-state index contributed by atoms with van der Waals surface area (Å²) in [6.07, 6.45) is 1.81. The summed E-state index contributed by atoms with van der Waals surface area (Å²) in [5.41, 5.74) is 8.30. The minimum atomic E-state index is 0.241. The van der Waals surface area contributed by atoms with Crippen LogP contribution in [0.2, 0.25) is 0 Å². The maximum Gasteiger partial charge on any atom is 0.00509 e. The summed E-state index contributed by atoms with van der Waals surface area (Å²) in [6, 6.07) is 8.69. The first kappa shape index (κ1) is 9.27. The van der Waals surface area contributed by atoms with Crippen molar-refractivity contribution < 1.29 is 0 Å². The van der Waals surface area contributed by atoms with Crippen molar-refractivity contribution >= 4 is 0 Å². The van der Waals surface area contributed by atoms with Gasteiger partial charge >= 0.3 is 0 Å². The zero-order chi connectivity index (χ0) is 8.97. The largest absolute Gasteiger partial charge is 0.328 e. The molecule has 0 aliphatic carbocycles. The van der Waals surface area contributed by atoms with E-state index in [0.717, 1.165) is 12.8 Å². The van der Waals surface area contributed by atoms with Gasteiger partial charge < -0.3 is 5.73 Å². The van der Waals surface area contributed by atoms with Crippen LogP contribution in [0.1, 0.15) is 18.1 Å². The van der Waals surface area contributed by atoms with Crippen LogP contribution in [0.3, 0.4) is 0 Å². The highest BCUT2D eigenvalue weighted by atomic mass is 14.6. The molecule has 0 saturated carbocycles. The van der Waals surface area contributed by atoms with Crippen molar-refractivity contribution in [3.8, 4) is 0 Å². The van der Waals surface area contributed by atoms with Crippen LogP contribution in [0.15, 0.2) is 24.3 Å². The first-order valence-electron chi connectivity index (χ1n) is 4.35. The topological polar surface area (TPSA) is 26.0 Å². The second-order valence-corrected chi connectivity index (χ2v) is 3.25. The monoisotopic (exact) mass is 162 g/mol. The van der Waals surface area contributed by atoms with Gasteiger partial charge in [-0.25, -0.2) is 0 Å². The third-order valence-corrected chi connectivity index (χ3v) is 1.84. The van der Waals surface area contributed by atoms with E-state index in [1.165, 1.54) is 11.1 Å². The Morgan fingerprint density at radius 1 is 1.42 bits per heavy atom. The predicted molar refractivity (Wildman–Crippen MR) is 52.9 cm³/mol. The summed E-state index contributed by atoms with van der Waals surface area (Å²) in [6.45, 7) is 5.87. The highest BCUT2D eigenvalue weighted by Crippen LogP contribution is 2.07. The molecule has 0 fully saturated rings. The number of benzene rings is 1. The molecule has 0 amide bonds. The van der Waals surface area contributed by atoms with E-state index in [9.17, 15) is 0 Å². The summed E-state index contributed by atoms with van der Waals surface area (Å²) in [5.74, 6) is 0. The standard InChI is InChI=1S/C11H16N/c1-3-10-5-4-6-11(8-10)7-9(2)12/h4-6,8-9H,1,3,7,12H2,2H3/t9-/m1/s1. The Labute approximate surface area is 74.6 Å². The summed E-state index contributed by atoms with van der Waals surface area (Å²) in [4.78, 5) is 0. The van der Waals surface area contributed by atoms with Crippen molar-refractivity contribution in [2.24, 2.45) is 5.73 Å². The summed E-state index contributed by atoms with van der Waals surface area (Å²) in [5, 5.41) is 0. The maximum absolute atomic E-state index is 5.70. The number of hydrogen-bond acceptors (Lipinski definition) is 1. The first-order valence-corrected chi connectivity index (χ1v) is 4.35. The Morgan fingerprint density at radius 2 is 2.08 bits per heavy atom. The molecule has 1 aromatic carbocycles. The molecule has 1 nitrogen and oxygen atoms in total. The molecule has 65 valence electrons. The molecule has 1 radical (unpaired) electrons. The zero-order valence-electron chi connectivity index (χ0n) is 7.59. The smallest absolute Gasteiger partial charge is 0.00509 e. The van der Waals surface area contributed by atoms with Crippen LogP contribution in [-0.4, -0.2) is 6.04 Å². The Balaban J connectivity index is 2.72. The van der Waals surface area contributed by atoms with Gasteiger partial charge in [0.05, 0.1) is 0 Å². The molecule has 1 heteroatoms. The van der Waals surface area contributed by atoms with E-state index in [-0.39, 0.29) is 6.04 Å².